The van der Waals surface area contributed by atoms with E-state index in [1.165, 1.54) is 5.56 Å². The Balaban J connectivity index is 1.63. The summed E-state index contributed by atoms with van der Waals surface area (Å²) >= 11 is 0. The summed E-state index contributed by atoms with van der Waals surface area (Å²) in [4.78, 5) is 11.7. The van der Waals surface area contributed by atoms with E-state index >= 15 is 0 Å². The molecule has 2 rings (SSSR count). The molecule has 4 heteroatoms. The van der Waals surface area contributed by atoms with E-state index in [4.69, 9.17) is 9.47 Å². The molecule has 0 aliphatic heterocycles. The standard InChI is InChI=1S/C20H25NO3/c1-15(2)17-6-10-18(11-7-17)23-13-12-21-20(22)14-24-19-8-4-16(3)5-9-19/h4-11,15H,12-14H2,1-3H3,(H,21,22). The van der Waals surface area contributed by atoms with Crippen molar-refractivity contribution in [3.63, 3.8) is 0 Å². The molecule has 128 valence electrons. The molecule has 0 aliphatic carbocycles. The Morgan fingerprint density at radius 2 is 1.54 bits per heavy atom. The maximum atomic E-state index is 11.7. The molecule has 0 spiro atoms. The minimum absolute atomic E-state index is 0.00610. The first-order valence-electron chi connectivity index (χ1n) is 8.23. The van der Waals surface area contributed by atoms with E-state index < -0.39 is 0 Å². The lowest BCUT2D eigenvalue weighted by Crippen LogP contribution is -2.32. The molecule has 0 unspecified atom stereocenters. The van der Waals surface area contributed by atoms with Crippen molar-refractivity contribution in [2.24, 2.45) is 0 Å². The van der Waals surface area contributed by atoms with Crippen LogP contribution in [0.5, 0.6) is 11.5 Å². The molecule has 2 aromatic carbocycles. The third kappa shape index (κ3) is 5.95. The van der Waals surface area contributed by atoms with Crippen LogP contribution in [0.15, 0.2) is 48.5 Å². The van der Waals surface area contributed by atoms with Crippen molar-refractivity contribution in [3.05, 3.63) is 59.7 Å². The zero-order valence-electron chi connectivity index (χ0n) is 14.5. The fourth-order valence-electron chi connectivity index (χ4n) is 2.14. The smallest absolute Gasteiger partial charge is 0.258 e. The summed E-state index contributed by atoms with van der Waals surface area (Å²) < 4.78 is 11.0. The Kier molecular flexibility index (Phi) is 6.67. The molecule has 1 N–H and O–H groups in total. The summed E-state index contributed by atoms with van der Waals surface area (Å²) in [6.45, 7) is 7.20. The van der Waals surface area contributed by atoms with E-state index in [-0.39, 0.29) is 12.5 Å². The first kappa shape index (κ1) is 17.9. The Bertz CT molecular complexity index is 633. The number of carbonyl (C=O) groups is 1. The van der Waals surface area contributed by atoms with Crippen molar-refractivity contribution in [2.75, 3.05) is 19.8 Å². The number of rotatable bonds is 8. The van der Waals surface area contributed by atoms with Crippen molar-refractivity contribution < 1.29 is 14.3 Å². The van der Waals surface area contributed by atoms with E-state index in [0.717, 1.165) is 11.3 Å². The minimum Gasteiger partial charge on any atom is -0.492 e. The van der Waals surface area contributed by atoms with Gasteiger partial charge < -0.3 is 14.8 Å². The van der Waals surface area contributed by atoms with E-state index in [9.17, 15) is 4.79 Å². The summed E-state index contributed by atoms with van der Waals surface area (Å²) in [5.41, 5.74) is 2.44. The maximum absolute atomic E-state index is 11.7. The highest BCUT2D eigenvalue weighted by molar-refractivity contribution is 5.77. The number of nitrogens with one attached hydrogen (secondary N) is 1. The predicted octanol–water partition coefficient (Wildman–Crippen LogP) is 3.69. The molecule has 0 saturated carbocycles. The van der Waals surface area contributed by atoms with Crippen molar-refractivity contribution in [1.29, 1.82) is 0 Å². The molecule has 0 heterocycles. The molecule has 0 radical (unpaired) electrons. The van der Waals surface area contributed by atoms with Crippen molar-refractivity contribution in [2.45, 2.75) is 26.7 Å². The van der Waals surface area contributed by atoms with Gasteiger partial charge in [-0.2, -0.15) is 0 Å². The normalized spacial score (nSPS) is 10.5. The Morgan fingerprint density at radius 1 is 0.958 bits per heavy atom. The number of benzene rings is 2. The highest BCUT2D eigenvalue weighted by Crippen LogP contribution is 2.18. The molecule has 4 nitrogen and oxygen atoms in total. The first-order chi connectivity index (χ1) is 11.5. The molecule has 0 saturated heterocycles. The Morgan fingerprint density at radius 3 is 2.17 bits per heavy atom. The Labute approximate surface area is 143 Å². The SMILES string of the molecule is Cc1ccc(OCC(=O)NCCOc2ccc(C(C)C)cc2)cc1. The summed E-state index contributed by atoms with van der Waals surface area (Å²) in [7, 11) is 0. The number of ether oxygens (including phenoxy) is 2. The van der Waals surface area contributed by atoms with Gasteiger partial charge in [-0.1, -0.05) is 43.7 Å². The lowest BCUT2D eigenvalue weighted by Gasteiger charge is -2.10. The van der Waals surface area contributed by atoms with Crippen LogP contribution in [0.2, 0.25) is 0 Å². The predicted molar refractivity (Wildman–Crippen MR) is 95.7 cm³/mol. The zero-order valence-corrected chi connectivity index (χ0v) is 14.5. The molecule has 0 fully saturated rings. The second-order valence-corrected chi connectivity index (χ2v) is 6.02. The van der Waals surface area contributed by atoms with Crippen LogP contribution in [0.1, 0.15) is 30.9 Å². The van der Waals surface area contributed by atoms with Crippen LogP contribution in [-0.4, -0.2) is 25.7 Å². The van der Waals surface area contributed by atoms with Crippen LogP contribution < -0.4 is 14.8 Å². The number of aryl methyl sites for hydroxylation is 1. The van der Waals surface area contributed by atoms with Crippen LogP contribution in [0.4, 0.5) is 0 Å². The van der Waals surface area contributed by atoms with Gasteiger partial charge in [-0.3, -0.25) is 4.79 Å². The third-order valence-electron chi connectivity index (χ3n) is 3.63. The van der Waals surface area contributed by atoms with Crippen LogP contribution in [0.25, 0.3) is 0 Å². The summed E-state index contributed by atoms with van der Waals surface area (Å²) in [5.74, 6) is 1.85. The third-order valence-corrected chi connectivity index (χ3v) is 3.63. The molecule has 0 bridgehead atoms. The minimum atomic E-state index is -0.158. The van der Waals surface area contributed by atoms with E-state index in [2.05, 4.69) is 31.3 Å². The molecular formula is C20H25NO3. The molecular weight excluding hydrogens is 302 g/mol. The summed E-state index contributed by atoms with van der Waals surface area (Å²) in [6.07, 6.45) is 0. The van der Waals surface area contributed by atoms with Crippen LogP contribution in [0, 0.1) is 6.92 Å². The largest absolute Gasteiger partial charge is 0.492 e. The number of hydrogen-bond acceptors (Lipinski definition) is 3. The molecule has 0 aromatic heterocycles. The summed E-state index contributed by atoms with van der Waals surface area (Å²) in [6, 6.07) is 15.6. The van der Waals surface area contributed by atoms with Gasteiger partial charge in [-0.05, 0) is 42.7 Å². The van der Waals surface area contributed by atoms with Gasteiger partial charge in [-0.15, -0.1) is 0 Å². The molecule has 0 aliphatic rings. The van der Waals surface area contributed by atoms with Gasteiger partial charge in [0.15, 0.2) is 6.61 Å². The average molecular weight is 327 g/mol. The van der Waals surface area contributed by atoms with Crippen LogP contribution in [-0.2, 0) is 4.79 Å². The van der Waals surface area contributed by atoms with Gasteiger partial charge in [0.05, 0.1) is 6.54 Å². The van der Waals surface area contributed by atoms with Crippen molar-refractivity contribution >= 4 is 5.91 Å². The van der Waals surface area contributed by atoms with Crippen LogP contribution >= 0.6 is 0 Å². The topological polar surface area (TPSA) is 47.6 Å². The summed E-state index contributed by atoms with van der Waals surface area (Å²) in [5, 5.41) is 2.78. The van der Waals surface area contributed by atoms with Crippen LogP contribution in [0.3, 0.4) is 0 Å². The average Bonchev–Trinajstić information content (AvgIpc) is 2.58. The first-order valence-corrected chi connectivity index (χ1v) is 8.23. The Hall–Kier alpha value is -2.49. The monoisotopic (exact) mass is 327 g/mol. The van der Waals surface area contributed by atoms with Gasteiger partial charge in [-0.25, -0.2) is 0 Å². The van der Waals surface area contributed by atoms with E-state index in [0.29, 0.717) is 24.8 Å². The van der Waals surface area contributed by atoms with Gasteiger partial charge >= 0.3 is 0 Å². The second-order valence-electron chi connectivity index (χ2n) is 6.02. The van der Waals surface area contributed by atoms with Gasteiger partial charge in [0.1, 0.15) is 18.1 Å². The van der Waals surface area contributed by atoms with E-state index in [1.54, 1.807) is 0 Å². The number of hydrogen-bond donors (Lipinski definition) is 1. The lowest BCUT2D eigenvalue weighted by molar-refractivity contribution is -0.123. The van der Waals surface area contributed by atoms with Gasteiger partial charge in [0, 0.05) is 0 Å². The second kappa shape index (κ2) is 8.96. The maximum Gasteiger partial charge on any atom is 0.258 e. The fourth-order valence-corrected chi connectivity index (χ4v) is 2.14. The number of carbonyl (C=O) groups excluding carboxylic acids is 1. The van der Waals surface area contributed by atoms with Crippen molar-refractivity contribution in [1.82, 2.24) is 5.32 Å². The quantitative estimate of drug-likeness (QED) is 0.752. The zero-order chi connectivity index (χ0) is 17.4. The molecule has 0 atom stereocenters. The lowest BCUT2D eigenvalue weighted by atomic mass is 10.0. The number of amides is 1. The highest BCUT2D eigenvalue weighted by atomic mass is 16.5. The molecule has 1 amide bonds. The molecule has 2 aromatic rings. The van der Waals surface area contributed by atoms with Gasteiger partial charge in [0.25, 0.3) is 5.91 Å². The molecule has 24 heavy (non-hydrogen) atoms. The highest BCUT2D eigenvalue weighted by Gasteiger charge is 2.03. The van der Waals surface area contributed by atoms with Gasteiger partial charge in [0.2, 0.25) is 0 Å². The van der Waals surface area contributed by atoms with Crippen molar-refractivity contribution in [3.8, 4) is 11.5 Å². The van der Waals surface area contributed by atoms with E-state index in [1.807, 2.05) is 43.3 Å². The fraction of sp³-hybridized carbons (Fsp3) is 0.350.